The molecule has 0 saturated carbocycles. The van der Waals surface area contributed by atoms with Gasteiger partial charge in [-0.3, -0.25) is 0 Å². The summed E-state index contributed by atoms with van der Waals surface area (Å²) in [6, 6.07) is 10.2. The quantitative estimate of drug-likeness (QED) is 0.474. The second-order valence-electron chi connectivity index (χ2n) is 6.37. The Morgan fingerprint density at radius 3 is 2.41 bits per heavy atom. The molecule has 0 spiro atoms. The molecule has 2 rings (SSSR count). The molecule has 0 atom stereocenters. The molecule has 0 saturated heterocycles. The van der Waals surface area contributed by atoms with Crippen LogP contribution in [0.4, 0.5) is 10.1 Å². The molecule has 0 aliphatic carbocycles. The summed E-state index contributed by atoms with van der Waals surface area (Å²) < 4.78 is 14.2. The Balaban J connectivity index is 2.52. The number of hydrogen-bond donors (Lipinski definition) is 2. The van der Waals surface area contributed by atoms with E-state index in [1.165, 1.54) is 17.7 Å². The number of aryl methyl sites for hydroxylation is 2. The Labute approximate surface area is 167 Å². The number of nitrogens with zero attached hydrogens (tertiary/aromatic N) is 1. The number of aliphatic hydroxyl groups excluding tert-OH is 1. The van der Waals surface area contributed by atoms with Gasteiger partial charge in [-0.05, 0) is 71.1 Å². The van der Waals surface area contributed by atoms with E-state index in [9.17, 15) is 19.4 Å². The topological polar surface area (TPSA) is 60.8 Å². The van der Waals surface area contributed by atoms with Crippen molar-refractivity contribution in [3.05, 3.63) is 70.0 Å². The number of benzene rings is 2. The molecule has 27 heavy (non-hydrogen) atoms. The third-order valence-corrected chi connectivity index (χ3v) is 5.43. The molecule has 0 radical (unpaired) electrons. The summed E-state index contributed by atoms with van der Waals surface area (Å²) >= 11 is 3.33. The van der Waals surface area contributed by atoms with E-state index < -0.39 is 11.8 Å². The molecule has 0 aromatic heterocycles. The number of carboxylic acids is 1. The highest BCUT2D eigenvalue weighted by Gasteiger charge is 2.19. The lowest BCUT2D eigenvalue weighted by molar-refractivity contribution is -0.132. The first-order valence-electron chi connectivity index (χ1n) is 8.62. The van der Waals surface area contributed by atoms with Crippen LogP contribution in [0.1, 0.15) is 35.6 Å². The first-order valence-corrected chi connectivity index (χ1v) is 9.41. The van der Waals surface area contributed by atoms with Gasteiger partial charge in [-0.1, -0.05) is 25.1 Å². The summed E-state index contributed by atoms with van der Waals surface area (Å²) in [5.74, 6) is -1.54. The van der Waals surface area contributed by atoms with Crippen LogP contribution in [-0.4, -0.2) is 22.9 Å². The van der Waals surface area contributed by atoms with Gasteiger partial charge in [-0.15, -0.1) is 0 Å². The van der Waals surface area contributed by atoms with Crippen molar-refractivity contribution in [3.8, 4) is 0 Å². The standard InChI is InChI=1S/C21H23BrFNO3/c1-4-17(21(26)27)20(22)18-10-16(23)7-8-19(18)24(12-25)11-15-6-5-13(2)14(3)9-15/h5-10,25H,4,11-12H2,1-3H3,(H,26,27)/b20-17-. The predicted molar refractivity (Wildman–Crippen MR) is 109 cm³/mol. The lowest BCUT2D eigenvalue weighted by atomic mass is 10.0. The average Bonchev–Trinajstić information content (AvgIpc) is 2.63. The zero-order valence-corrected chi connectivity index (χ0v) is 17.2. The lowest BCUT2D eigenvalue weighted by Crippen LogP contribution is -2.25. The van der Waals surface area contributed by atoms with E-state index in [1.54, 1.807) is 17.9 Å². The van der Waals surface area contributed by atoms with E-state index in [0.717, 1.165) is 11.1 Å². The van der Waals surface area contributed by atoms with Crippen molar-refractivity contribution in [2.75, 3.05) is 11.6 Å². The van der Waals surface area contributed by atoms with E-state index in [4.69, 9.17) is 0 Å². The van der Waals surface area contributed by atoms with Crippen molar-refractivity contribution in [2.45, 2.75) is 33.7 Å². The first-order chi connectivity index (χ1) is 12.8. The normalized spacial score (nSPS) is 11.9. The molecule has 2 aromatic rings. The van der Waals surface area contributed by atoms with Crippen molar-refractivity contribution in [1.29, 1.82) is 0 Å². The summed E-state index contributed by atoms with van der Waals surface area (Å²) in [7, 11) is 0. The highest BCUT2D eigenvalue weighted by Crippen LogP contribution is 2.35. The van der Waals surface area contributed by atoms with E-state index in [1.807, 2.05) is 32.0 Å². The van der Waals surface area contributed by atoms with Gasteiger partial charge in [0.15, 0.2) is 0 Å². The number of carboxylic acid groups (broad SMARTS) is 1. The summed E-state index contributed by atoms with van der Waals surface area (Å²) in [6.07, 6.45) is 0.280. The minimum atomic E-state index is -1.07. The van der Waals surface area contributed by atoms with Crippen molar-refractivity contribution in [3.63, 3.8) is 0 Å². The van der Waals surface area contributed by atoms with Gasteiger partial charge in [0.05, 0.1) is 5.57 Å². The molecule has 0 bridgehead atoms. The third-order valence-electron chi connectivity index (χ3n) is 4.53. The minimum absolute atomic E-state index is 0.144. The molecular formula is C21H23BrFNO3. The van der Waals surface area contributed by atoms with E-state index in [2.05, 4.69) is 15.9 Å². The van der Waals surface area contributed by atoms with Crippen LogP contribution in [0.5, 0.6) is 0 Å². The van der Waals surface area contributed by atoms with Gasteiger partial charge in [0.2, 0.25) is 0 Å². The molecule has 4 nitrogen and oxygen atoms in total. The number of hydrogen-bond acceptors (Lipinski definition) is 3. The Hall–Kier alpha value is -2.18. The fraction of sp³-hybridized carbons (Fsp3) is 0.286. The molecule has 2 aromatic carbocycles. The van der Waals surface area contributed by atoms with Crippen LogP contribution in [0.15, 0.2) is 42.0 Å². The Morgan fingerprint density at radius 1 is 1.15 bits per heavy atom. The summed E-state index contributed by atoms with van der Waals surface area (Å²) in [6.45, 7) is 5.89. The Morgan fingerprint density at radius 2 is 1.85 bits per heavy atom. The van der Waals surface area contributed by atoms with Crippen LogP contribution in [0, 0.1) is 19.7 Å². The molecular weight excluding hydrogens is 413 g/mol. The number of aliphatic hydroxyl groups is 1. The molecule has 0 fully saturated rings. The maximum absolute atomic E-state index is 13.9. The molecule has 0 aliphatic heterocycles. The van der Waals surface area contributed by atoms with Gasteiger partial charge in [-0.25, -0.2) is 9.18 Å². The highest BCUT2D eigenvalue weighted by molar-refractivity contribution is 9.15. The van der Waals surface area contributed by atoms with Gasteiger partial charge in [0.1, 0.15) is 12.5 Å². The Kier molecular flexibility index (Phi) is 7.16. The number of anilines is 1. The number of aliphatic carboxylic acids is 1. The maximum Gasteiger partial charge on any atom is 0.332 e. The molecule has 6 heteroatoms. The SMILES string of the molecule is CC/C(C(=O)O)=C(/Br)c1cc(F)ccc1N(CO)Cc1ccc(C)c(C)c1. The van der Waals surface area contributed by atoms with Crippen LogP contribution in [0.3, 0.4) is 0 Å². The zero-order chi connectivity index (χ0) is 20.1. The zero-order valence-electron chi connectivity index (χ0n) is 15.6. The number of carbonyl (C=O) groups is 1. The average molecular weight is 436 g/mol. The van der Waals surface area contributed by atoms with Crippen molar-refractivity contribution >= 4 is 32.1 Å². The van der Waals surface area contributed by atoms with Crippen molar-refractivity contribution in [1.82, 2.24) is 0 Å². The van der Waals surface area contributed by atoms with E-state index in [0.29, 0.717) is 22.3 Å². The van der Waals surface area contributed by atoms with Crippen LogP contribution >= 0.6 is 15.9 Å². The van der Waals surface area contributed by atoms with Gasteiger partial charge < -0.3 is 15.1 Å². The smallest absolute Gasteiger partial charge is 0.332 e. The Bertz CT molecular complexity index is 880. The number of halogens is 2. The molecule has 0 amide bonds. The fourth-order valence-electron chi connectivity index (χ4n) is 2.86. The van der Waals surface area contributed by atoms with E-state index >= 15 is 0 Å². The van der Waals surface area contributed by atoms with Gasteiger partial charge >= 0.3 is 5.97 Å². The second kappa shape index (κ2) is 9.15. The van der Waals surface area contributed by atoms with Crippen LogP contribution in [0.2, 0.25) is 0 Å². The molecule has 2 N–H and O–H groups in total. The van der Waals surface area contributed by atoms with Crippen molar-refractivity contribution in [2.24, 2.45) is 0 Å². The minimum Gasteiger partial charge on any atom is -0.478 e. The summed E-state index contributed by atoms with van der Waals surface area (Å²) in [5, 5.41) is 19.3. The summed E-state index contributed by atoms with van der Waals surface area (Å²) in [4.78, 5) is 13.2. The molecule has 0 heterocycles. The van der Waals surface area contributed by atoms with Gasteiger partial charge in [0.25, 0.3) is 0 Å². The first kappa shape index (κ1) is 21.1. The number of rotatable bonds is 7. The fourth-order valence-corrected chi connectivity index (χ4v) is 3.62. The van der Waals surface area contributed by atoms with Crippen LogP contribution in [-0.2, 0) is 11.3 Å². The van der Waals surface area contributed by atoms with Crippen LogP contribution < -0.4 is 4.90 Å². The third kappa shape index (κ3) is 4.96. The maximum atomic E-state index is 13.9. The van der Waals surface area contributed by atoms with E-state index in [-0.39, 0.29) is 18.7 Å². The molecule has 144 valence electrons. The highest BCUT2D eigenvalue weighted by atomic mass is 79.9. The summed E-state index contributed by atoms with van der Waals surface area (Å²) in [5.41, 5.74) is 4.41. The van der Waals surface area contributed by atoms with Gasteiger partial charge in [-0.2, -0.15) is 0 Å². The second-order valence-corrected chi connectivity index (χ2v) is 7.16. The van der Waals surface area contributed by atoms with Crippen molar-refractivity contribution < 1.29 is 19.4 Å². The monoisotopic (exact) mass is 435 g/mol. The van der Waals surface area contributed by atoms with Gasteiger partial charge in [0, 0.05) is 22.3 Å². The molecule has 0 unspecified atom stereocenters. The largest absolute Gasteiger partial charge is 0.478 e. The predicted octanol–water partition coefficient (Wildman–Crippen LogP) is 5.00. The van der Waals surface area contributed by atoms with Crippen LogP contribution in [0.25, 0.3) is 4.48 Å². The molecule has 0 aliphatic rings. The lowest BCUT2D eigenvalue weighted by Gasteiger charge is -2.26.